The fraction of sp³-hybridized carbons (Fsp3) is 0.882. The van der Waals surface area contributed by atoms with Crippen LogP contribution in [-0.4, -0.2) is 60.0 Å². The van der Waals surface area contributed by atoms with Gasteiger partial charge >= 0.3 is 0 Å². The van der Waals surface area contributed by atoms with Gasteiger partial charge in [0, 0.05) is 38.6 Å². The lowest BCUT2D eigenvalue weighted by Gasteiger charge is -2.41. The molecule has 5 heteroatoms. The molecule has 2 aliphatic carbocycles. The predicted octanol–water partition coefficient (Wildman–Crippen LogP) is 1.42. The normalized spacial score (nSPS) is 33.2. The van der Waals surface area contributed by atoms with Crippen LogP contribution >= 0.6 is 0 Å². The molecule has 0 radical (unpaired) electrons. The fourth-order valence-corrected chi connectivity index (χ4v) is 4.04. The Kier molecular flexibility index (Phi) is 3.63. The highest BCUT2D eigenvalue weighted by Crippen LogP contribution is 2.38. The van der Waals surface area contributed by atoms with Gasteiger partial charge in [-0.15, -0.1) is 0 Å². The second kappa shape index (κ2) is 5.52. The van der Waals surface area contributed by atoms with Crippen molar-refractivity contribution in [1.29, 1.82) is 0 Å². The molecule has 0 bridgehead atoms. The van der Waals surface area contributed by atoms with E-state index in [-0.39, 0.29) is 23.3 Å². The Morgan fingerprint density at radius 2 is 2.09 bits per heavy atom. The summed E-state index contributed by atoms with van der Waals surface area (Å²) in [6.45, 7) is 3.45. The van der Waals surface area contributed by atoms with Crippen LogP contribution in [0.25, 0.3) is 0 Å². The summed E-state index contributed by atoms with van der Waals surface area (Å²) in [5.74, 6) is 1.39. The molecule has 4 fully saturated rings. The van der Waals surface area contributed by atoms with Crippen LogP contribution in [0.15, 0.2) is 0 Å². The zero-order chi connectivity index (χ0) is 15.2. The number of ether oxygens (including phenoxy) is 1. The minimum absolute atomic E-state index is 0.212. The molecule has 2 amide bonds. The second-order valence-corrected chi connectivity index (χ2v) is 7.61. The molecule has 0 aromatic carbocycles. The van der Waals surface area contributed by atoms with Crippen molar-refractivity contribution in [3.8, 4) is 0 Å². The van der Waals surface area contributed by atoms with Crippen molar-refractivity contribution in [3.05, 3.63) is 0 Å². The lowest BCUT2D eigenvalue weighted by atomic mass is 9.84. The quantitative estimate of drug-likeness (QED) is 0.792. The summed E-state index contributed by atoms with van der Waals surface area (Å²) in [6.07, 6.45) is 7.06. The van der Waals surface area contributed by atoms with Crippen LogP contribution in [0.5, 0.6) is 0 Å². The Morgan fingerprint density at radius 1 is 1.27 bits per heavy atom. The van der Waals surface area contributed by atoms with Gasteiger partial charge in [0.15, 0.2) is 0 Å². The van der Waals surface area contributed by atoms with Crippen LogP contribution in [0.3, 0.4) is 0 Å². The van der Waals surface area contributed by atoms with Gasteiger partial charge in [-0.3, -0.25) is 9.59 Å². The topological polar surface area (TPSA) is 49.9 Å². The molecule has 22 heavy (non-hydrogen) atoms. The van der Waals surface area contributed by atoms with Crippen LogP contribution in [0.1, 0.15) is 44.9 Å². The zero-order valence-corrected chi connectivity index (χ0v) is 13.3. The molecule has 2 heterocycles. The molecule has 1 atom stereocenters. The molecule has 2 saturated carbocycles. The smallest absolute Gasteiger partial charge is 0.225 e. The summed E-state index contributed by atoms with van der Waals surface area (Å²) in [6, 6.07) is 0. The Balaban J connectivity index is 1.55. The second-order valence-electron chi connectivity index (χ2n) is 7.61. The summed E-state index contributed by atoms with van der Waals surface area (Å²) in [5, 5.41) is 0. The number of hydrogen-bond acceptors (Lipinski definition) is 3. The van der Waals surface area contributed by atoms with Gasteiger partial charge in [-0.25, -0.2) is 0 Å². The minimum Gasteiger partial charge on any atom is -0.379 e. The van der Waals surface area contributed by atoms with Gasteiger partial charge in [0.25, 0.3) is 0 Å². The standard InChI is InChI=1S/C17H26N2O3/c20-15-6-8-18(16(21)14-2-1-3-14)11-17(7-9-22-12-17)19(15)10-13-4-5-13/h13-14H,1-12H2. The third-order valence-corrected chi connectivity index (χ3v) is 5.94. The first kappa shape index (κ1) is 14.5. The number of nitrogens with zero attached hydrogens (tertiary/aromatic N) is 2. The van der Waals surface area contributed by atoms with E-state index in [1.807, 2.05) is 4.90 Å². The minimum atomic E-state index is -0.254. The van der Waals surface area contributed by atoms with E-state index in [0.29, 0.717) is 38.6 Å². The van der Waals surface area contributed by atoms with E-state index >= 15 is 0 Å². The van der Waals surface area contributed by atoms with Crippen molar-refractivity contribution in [1.82, 2.24) is 9.80 Å². The maximum absolute atomic E-state index is 12.7. The van der Waals surface area contributed by atoms with Gasteiger partial charge in [-0.2, -0.15) is 0 Å². The number of rotatable bonds is 3. The molecule has 1 unspecified atom stereocenters. The maximum atomic E-state index is 12.7. The lowest BCUT2D eigenvalue weighted by Crippen LogP contribution is -2.58. The first-order valence-electron chi connectivity index (χ1n) is 8.85. The summed E-state index contributed by atoms with van der Waals surface area (Å²) in [7, 11) is 0. The summed E-state index contributed by atoms with van der Waals surface area (Å²) in [5.41, 5.74) is -0.254. The van der Waals surface area contributed by atoms with Crippen LogP contribution in [0.2, 0.25) is 0 Å². The zero-order valence-electron chi connectivity index (χ0n) is 13.3. The molecule has 2 saturated heterocycles. The number of carbonyl (C=O) groups is 2. The monoisotopic (exact) mass is 306 g/mol. The van der Waals surface area contributed by atoms with Crippen molar-refractivity contribution in [2.45, 2.75) is 50.5 Å². The van der Waals surface area contributed by atoms with E-state index in [9.17, 15) is 9.59 Å². The van der Waals surface area contributed by atoms with Crippen LogP contribution < -0.4 is 0 Å². The molecular weight excluding hydrogens is 280 g/mol. The highest BCUT2D eigenvalue weighted by atomic mass is 16.5. The summed E-state index contributed by atoms with van der Waals surface area (Å²) < 4.78 is 5.67. The Morgan fingerprint density at radius 3 is 2.68 bits per heavy atom. The molecule has 0 aromatic rings. The van der Waals surface area contributed by atoms with Crippen molar-refractivity contribution < 1.29 is 14.3 Å². The number of amides is 2. The van der Waals surface area contributed by atoms with Crippen LogP contribution in [-0.2, 0) is 14.3 Å². The molecule has 122 valence electrons. The fourth-order valence-electron chi connectivity index (χ4n) is 4.04. The Labute approximate surface area is 132 Å². The molecule has 4 rings (SSSR count). The van der Waals surface area contributed by atoms with E-state index in [4.69, 9.17) is 4.74 Å². The van der Waals surface area contributed by atoms with Gasteiger partial charge in [-0.1, -0.05) is 6.42 Å². The van der Waals surface area contributed by atoms with Gasteiger partial charge in [-0.05, 0) is 38.0 Å². The SMILES string of the molecule is O=C(C1CCC1)N1CCC(=O)N(CC2CC2)C2(CCOC2)C1. The molecule has 5 nitrogen and oxygen atoms in total. The summed E-state index contributed by atoms with van der Waals surface area (Å²) >= 11 is 0. The average molecular weight is 306 g/mol. The number of hydrogen-bond donors (Lipinski definition) is 0. The van der Waals surface area contributed by atoms with E-state index in [1.54, 1.807) is 0 Å². The van der Waals surface area contributed by atoms with Gasteiger partial charge < -0.3 is 14.5 Å². The average Bonchev–Trinajstić information content (AvgIpc) is 3.17. The van der Waals surface area contributed by atoms with Crippen molar-refractivity contribution >= 4 is 11.8 Å². The third kappa shape index (κ3) is 2.53. The first-order chi connectivity index (χ1) is 10.7. The van der Waals surface area contributed by atoms with E-state index in [1.165, 1.54) is 19.3 Å². The van der Waals surface area contributed by atoms with Crippen molar-refractivity contribution in [3.63, 3.8) is 0 Å². The molecule has 4 aliphatic rings. The molecule has 0 aromatic heterocycles. The highest BCUT2D eigenvalue weighted by molar-refractivity contribution is 5.83. The first-order valence-corrected chi connectivity index (χ1v) is 8.85. The molecule has 2 aliphatic heterocycles. The van der Waals surface area contributed by atoms with Crippen LogP contribution in [0.4, 0.5) is 0 Å². The largest absolute Gasteiger partial charge is 0.379 e. The van der Waals surface area contributed by atoms with E-state index < -0.39 is 0 Å². The van der Waals surface area contributed by atoms with Gasteiger partial charge in [0.05, 0.1) is 12.1 Å². The highest BCUT2D eigenvalue weighted by Gasteiger charge is 2.49. The van der Waals surface area contributed by atoms with Crippen molar-refractivity contribution in [2.75, 3.05) is 32.8 Å². The van der Waals surface area contributed by atoms with Gasteiger partial charge in [0.1, 0.15) is 0 Å². The number of carbonyl (C=O) groups excluding carboxylic acids is 2. The van der Waals surface area contributed by atoms with E-state index in [0.717, 1.165) is 25.8 Å². The maximum Gasteiger partial charge on any atom is 0.225 e. The van der Waals surface area contributed by atoms with Gasteiger partial charge in [0.2, 0.25) is 11.8 Å². The summed E-state index contributed by atoms with van der Waals surface area (Å²) in [4.78, 5) is 29.4. The van der Waals surface area contributed by atoms with Crippen LogP contribution in [0, 0.1) is 11.8 Å². The lowest BCUT2D eigenvalue weighted by molar-refractivity contribution is -0.141. The predicted molar refractivity (Wildman–Crippen MR) is 81.1 cm³/mol. The Bertz CT molecular complexity index is 465. The third-order valence-electron chi connectivity index (χ3n) is 5.94. The molecule has 0 N–H and O–H groups in total. The van der Waals surface area contributed by atoms with E-state index in [2.05, 4.69) is 4.90 Å². The molecule has 1 spiro atoms. The molecular formula is C17H26N2O3. The Hall–Kier alpha value is -1.10. The van der Waals surface area contributed by atoms with Crippen molar-refractivity contribution in [2.24, 2.45) is 11.8 Å².